The molecule has 2 fully saturated rings. The summed E-state index contributed by atoms with van der Waals surface area (Å²) in [4.78, 5) is 9.96. The third kappa shape index (κ3) is 16.9. The minimum absolute atomic E-state index is 0.0741. The lowest BCUT2D eigenvalue weighted by Gasteiger charge is -2.33. The fourth-order valence-corrected chi connectivity index (χ4v) is 20.6. The first-order valence-corrected chi connectivity index (χ1v) is 45.3. The van der Waals surface area contributed by atoms with Crippen LogP contribution in [0.2, 0.25) is 27.3 Å². The van der Waals surface area contributed by atoms with E-state index in [0.29, 0.717) is 32.4 Å². The molecular weight excluding hydrogens is 1450 g/mol. The number of benzene rings is 8. The van der Waals surface area contributed by atoms with E-state index in [1.165, 1.54) is 214 Å². The Balaban J connectivity index is 0.000000125. The van der Waals surface area contributed by atoms with Gasteiger partial charge < -0.3 is 0 Å². The minimum atomic E-state index is 0.0741. The quantitative estimate of drug-likeness (QED) is 0.106. The maximum atomic E-state index is 2.53. The van der Waals surface area contributed by atoms with Crippen LogP contribution in [-0.2, 0) is 41.0 Å². The van der Waals surface area contributed by atoms with Crippen LogP contribution in [-0.4, -0.2) is 27.4 Å². The van der Waals surface area contributed by atoms with E-state index < -0.39 is 0 Å². The van der Waals surface area contributed by atoms with Crippen LogP contribution in [0.25, 0.3) is 65.9 Å². The van der Waals surface area contributed by atoms with Gasteiger partial charge >= 0.3 is 27.4 Å². The van der Waals surface area contributed by atoms with Gasteiger partial charge in [0.25, 0.3) is 23.3 Å². The standard InChI is InChI=1S/C30H38BN2.C28H34BN2.C27H34BN2.C23H26BN2/c1-30(2,3)26-21-33(31(4)27-17-11-9-16-25(26)27)29-20-23(19-22-13-7-6-8-14-22)24-15-10-12-18-28(24)32(29)5;1-28(2,3)24-19-31(29(4)25-16-10-8-15-22(24)25)27-18-23(20-12-6-7-13-20)21-14-9-11-17-26(21)30(27)5;1-19(2)16-20-17-26(29(7)25-15-11-9-12-21(20)25)30-18-23(27(3,4)5)22-13-8-10-14-24(22)28(30)6;1-23(2,3)19-16-26(24(4)20-12-8-7-11-18(19)20)22-15-14-17-10-6-9-13-21(17)25(22)5/h9-12,15-18,20-22H,6-8,13-14,19H2,1-5H3;8-11,14-20H,6-7,12-13H2,1-5H3;8-15,17-19H,16H2,1-7H3;6-16H,1-5H3/q4*+1. The molecule has 120 heavy (non-hydrogen) atoms. The first-order chi connectivity index (χ1) is 57.3. The monoisotopic (exact) mass is 1590 g/mol. The molecule has 8 aromatic carbocycles. The van der Waals surface area contributed by atoms with Gasteiger partial charge in [-0.1, -0.05) is 312 Å². The van der Waals surface area contributed by atoms with E-state index in [2.05, 4.69) is 439 Å². The summed E-state index contributed by atoms with van der Waals surface area (Å²) in [5.41, 5.74) is 26.9. The summed E-state index contributed by atoms with van der Waals surface area (Å²) in [5.74, 6) is 7.19. The van der Waals surface area contributed by atoms with Gasteiger partial charge in [-0.25, -0.2) is 18.3 Å². The molecule has 8 nitrogen and oxygen atoms in total. The Kier molecular flexibility index (Phi) is 24.3. The highest BCUT2D eigenvalue weighted by atomic mass is 15.2. The summed E-state index contributed by atoms with van der Waals surface area (Å²) < 4.78 is 9.47. The average Bonchev–Trinajstić information content (AvgIpc) is 0.975. The zero-order valence-corrected chi connectivity index (χ0v) is 76.6. The SMILES string of the molecule is CB1c2ccccc2C(C(C)(C)C)=CN1c1cc(C2CCCC2)c2ccccc2[n+]1C.CB1c2ccccc2C(C(C)(C)C)=CN1c1cc(CC(C)C)c2ccccc2[n+]1C.CB1c2ccccc2C(C(C)(C)C)=CN1c1cc(CC2CCCCC2)c2ccccc2[n+]1C.CB1c2ccccc2C(C(C)(C)C)=CN1c1ccc2ccccc2[n+]1C. The van der Waals surface area contributed by atoms with Crippen LogP contribution >= 0.6 is 0 Å². The lowest BCUT2D eigenvalue weighted by atomic mass is 9.52. The summed E-state index contributed by atoms with van der Waals surface area (Å²) in [7, 11) is 8.83. The largest absolute Gasteiger partial charge is 0.409 e. The molecule has 0 unspecified atom stereocenters. The number of allylic oxidation sites excluding steroid dienone is 4. The number of aryl methyl sites for hydroxylation is 4. The molecule has 0 N–H and O–H groups in total. The molecule has 4 aromatic heterocycles. The van der Waals surface area contributed by atoms with Gasteiger partial charge in [0.15, 0.2) is 0 Å². The third-order valence-electron chi connectivity index (χ3n) is 27.3. The number of pyridine rings is 4. The van der Waals surface area contributed by atoms with Crippen LogP contribution in [0, 0.1) is 33.5 Å². The molecule has 4 aliphatic heterocycles. The topological polar surface area (TPSA) is 28.5 Å². The summed E-state index contributed by atoms with van der Waals surface area (Å²) in [5, 5.41) is 5.47. The highest BCUT2D eigenvalue weighted by molar-refractivity contribution is 6.79. The molecule has 12 aromatic rings. The van der Waals surface area contributed by atoms with Crippen LogP contribution < -0.4 is 59.4 Å². The van der Waals surface area contributed by atoms with Crippen molar-refractivity contribution in [3.05, 3.63) is 288 Å². The predicted octanol–water partition coefficient (Wildman–Crippen LogP) is 22.6. The fourth-order valence-electron chi connectivity index (χ4n) is 20.6. The normalized spacial score (nSPS) is 15.9. The second kappa shape index (κ2) is 34.4. The molecule has 2 saturated carbocycles. The Labute approximate surface area is 721 Å². The number of anilines is 4. The molecule has 0 atom stereocenters. The van der Waals surface area contributed by atoms with Gasteiger partial charge in [-0.2, -0.15) is 0 Å². The lowest BCUT2D eigenvalue weighted by Crippen LogP contribution is -2.52. The van der Waals surface area contributed by atoms with Gasteiger partial charge in [-0.3, -0.25) is 19.2 Å². The van der Waals surface area contributed by atoms with Crippen molar-refractivity contribution in [2.45, 2.75) is 201 Å². The summed E-state index contributed by atoms with van der Waals surface area (Å²) in [6.45, 7) is 42.9. The van der Waals surface area contributed by atoms with Gasteiger partial charge in [0.2, 0.25) is 0 Å². The van der Waals surface area contributed by atoms with Crippen molar-refractivity contribution in [2.75, 3.05) is 19.2 Å². The molecule has 0 bridgehead atoms. The first kappa shape index (κ1) is 84.8. The van der Waals surface area contributed by atoms with Crippen LogP contribution in [0.3, 0.4) is 0 Å². The molecule has 6 aliphatic rings. The van der Waals surface area contributed by atoms with Gasteiger partial charge in [-0.05, 0) is 184 Å². The molecule has 2 aliphatic carbocycles. The zero-order chi connectivity index (χ0) is 85.0. The van der Waals surface area contributed by atoms with Crippen molar-refractivity contribution in [1.29, 1.82) is 0 Å². The summed E-state index contributed by atoms with van der Waals surface area (Å²) >= 11 is 0. The second-order valence-electron chi connectivity index (χ2n) is 40.2. The lowest BCUT2D eigenvalue weighted by molar-refractivity contribution is -0.631. The van der Waals surface area contributed by atoms with E-state index in [-0.39, 0.29) is 28.5 Å². The number of nitrogens with zero attached hydrogens (tertiary/aromatic N) is 8. The molecule has 18 rings (SSSR count). The summed E-state index contributed by atoms with van der Waals surface area (Å²) in [6.07, 6.45) is 24.2. The Hall–Kier alpha value is -10.2. The van der Waals surface area contributed by atoms with Crippen molar-refractivity contribution in [3.8, 4) is 0 Å². The molecule has 612 valence electrons. The highest BCUT2D eigenvalue weighted by Crippen LogP contribution is 2.45. The number of fused-ring (bicyclic) bond motifs is 8. The van der Waals surface area contributed by atoms with E-state index >= 15 is 0 Å². The molecule has 0 saturated heterocycles. The van der Waals surface area contributed by atoms with Gasteiger partial charge in [0, 0.05) is 68.1 Å². The van der Waals surface area contributed by atoms with Crippen molar-refractivity contribution < 1.29 is 18.3 Å². The molecular formula is C108H132B4N8+4. The Morgan fingerprint density at radius 1 is 0.325 bits per heavy atom. The van der Waals surface area contributed by atoms with E-state index in [4.69, 9.17) is 0 Å². The number of aromatic nitrogens is 4. The van der Waals surface area contributed by atoms with Crippen LogP contribution in [0.1, 0.15) is 200 Å². The van der Waals surface area contributed by atoms with Crippen LogP contribution in [0.5, 0.6) is 0 Å². The van der Waals surface area contributed by atoms with Gasteiger partial charge in [0.05, 0.1) is 53.0 Å². The number of para-hydroxylation sites is 4. The van der Waals surface area contributed by atoms with E-state index in [1.807, 2.05) is 0 Å². The second-order valence-corrected chi connectivity index (χ2v) is 40.2. The molecule has 8 heterocycles. The van der Waals surface area contributed by atoms with Crippen molar-refractivity contribution in [1.82, 2.24) is 0 Å². The zero-order valence-electron chi connectivity index (χ0n) is 76.6. The average molecular weight is 1590 g/mol. The third-order valence-corrected chi connectivity index (χ3v) is 27.3. The van der Waals surface area contributed by atoms with Crippen LogP contribution in [0.15, 0.2) is 249 Å². The minimum Gasteiger partial charge on any atom is -0.293 e. The van der Waals surface area contributed by atoms with E-state index in [0.717, 1.165) is 12.3 Å². The van der Waals surface area contributed by atoms with Crippen molar-refractivity contribution >= 4 is 138 Å². The predicted molar refractivity (Wildman–Crippen MR) is 521 cm³/mol. The van der Waals surface area contributed by atoms with E-state index in [9.17, 15) is 0 Å². The number of hydrogen-bond donors (Lipinski definition) is 0. The molecule has 0 amide bonds. The van der Waals surface area contributed by atoms with Gasteiger partial charge in [-0.15, -0.1) is 0 Å². The molecule has 0 radical (unpaired) electrons. The number of hydrogen-bond acceptors (Lipinski definition) is 4. The van der Waals surface area contributed by atoms with Gasteiger partial charge in [0.1, 0.15) is 22.1 Å². The molecule has 12 heteroatoms. The maximum Gasteiger partial charge on any atom is 0.409 e. The first-order valence-electron chi connectivity index (χ1n) is 45.3. The number of rotatable bonds is 9. The van der Waals surface area contributed by atoms with Crippen molar-refractivity contribution in [3.63, 3.8) is 0 Å². The maximum absolute atomic E-state index is 2.53. The fraction of sp³-hybridized carbons (Fsp3) is 0.370. The van der Waals surface area contributed by atoms with Crippen LogP contribution in [0.4, 0.5) is 23.3 Å². The Morgan fingerprint density at radius 3 is 1.03 bits per heavy atom. The smallest absolute Gasteiger partial charge is 0.293 e. The summed E-state index contributed by atoms with van der Waals surface area (Å²) in [6, 6.07) is 82.9. The van der Waals surface area contributed by atoms with Crippen molar-refractivity contribution in [2.24, 2.45) is 61.7 Å². The highest BCUT2D eigenvalue weighted by Gasteiger charge is 2.45. The Morgan fingerprint density at radius 2 is 0.633 bits per heavy atom. The molecule has 0 spiro atoms. The Bertz CT molecular complexity index is 5950. The van der Waals surface area contributed by atoms with E-state index in [1.54, 1.807) is 0 Å².